The molecule has 0 saturated heterocycles. The Bertz CT molecular complexity index is 141. The van der Waals surface area contributed by atoms with E-state index in [1.54, 1.807) is 0 Å². The van der Waals surface area contributed by atoms with E-state index in [2.05, 4.69) is 5.73 Å². The molecule has 0 bridgehead atoms. The Morgan fingerprint density at radius 3 is 2.25 bits per heavy atom. The topological polar surface area (TPSA) is 61.8 Å². The summed E-state index contributed by atoms with van der Waals surface area (Å²) in [7, 11) is 0. The van der Waals surface area contributed by atoms with Crippen molar-refractivity contribution in [2.45, 2.75) is 0 Å². The zero-order valence-electron chi connectivity index (χ0n) is 3.78. The van der Waals surface area contributed by atoms with Gasteiger partial charge in [-0.25, -0.2) is 0 Å². The van der Waals surface area contributed by atoms with E-state index in [0.717, 1.165) is 6.19 Å². The average molecular weight is 119 g/mol. The van der Waals surface area contributed by atoms with Crippen molar-refractivity contribution in [3.8, 4) is 6.19 Å². The number of nitrogens with zero attached hydrogens (tertiary/aromatic N) is 1. The summed E-state index contributed by atoms with van der Waals surface area (Å²) >= 11 is 0. The van der Waals surface area contributed by atoms with Crippen molar-refractivity contribution in [2.24, 2.45) is 5.73 Å². The SMILES string of the molecule is N#CN/C(F)=C(/N)F. The maximum atomic E-state index is 11.6. The van der Waals surface area contributed by atoms with Crippen molar-refractivity contribution < 1.29 is 8.78 Å². The molecule has 3 N–H and O–H groups in total. The third-order valence-corrected chi connectivity index (χ3v) is 0.375. The van der Waals surface area contributed by atoms with Crippen molar-refractivity contribution in [3.63, 3.8) is 0 Å². The molecule has 0 saturated carbocycles. The Kier molecular flexibility index (Phi) is 2.34. The van der Waals surface area contributed by atoms with Crippen molar-refractivity contribution in [2.75, 3.05) is 0 Å². The smallest absolute Gasteiger partial charge is 0.253 e. The predicted molar refractivity (Wildman–Crippen MR) is 22.2 cm³/mol. The van der Waals surface area contributed by atoms with E-state index in [1.807, 2.05) is 0 Å². The van der Waals surface area contributed by atoms with E-state index in [4.69, 9.17) is 5.26 Å². The number of nitrogens with one attached hydrogen (secondary N) is 1. The molecule has 3 nitrogen and oxygen atoms in total. The van der Waals surface area contributed by atoms with E-state index < -0.39 is 11.9 Å². The summed E-state index contributed by atoms with van der Waals surface area (Å²) in [4.78, 5) is 0. The van der Waals surface area contributed by atoms with E-state index in [1.165, 1.54) is 5.32 Å². The Morgan fingerprint density at radius 1 is 1.62 bits per heavy atom. The van der Waals surface area contributed by atoms with Gasteiger partial charge in [0.2, 0.25) is 5.95 Å². The minimum Gasteiger partial charge on any atom is -0.372 e. The highest BCUT2D eigenvalue weighted by molar-refractivity contribution is 4.96. The molecule has 0 aliphatic carbocycles. The maximum Gasteiger partial charge on any atom is 0.253 e. The first kappa shape index (κ1) is 6.69. The van der Waals surface area contributed by atoms with Crippen LogP contribution in [0.3, 0.4) is 0 Å². The van der Waals surface area contributed by atoms with Crippen LogP contribution in [0, 0.1) is 11.5 Å². The fourth-order valence-electron chi connectivity index (χ4n) is 0.109. The fourth-order valence-corrected chi connectivity index (χ4v) is 0.109. The summed E-state index contributed by atoms with van der Waals surface area (Å²) < 4.78 is 22.9. The minimum absolute atomic E-state index is 1.15. The van der Waals surface area contributed by atoms with Gasteiger partial charge in [-0.2, -0.15) is 14.0 Å². The zero-order valence-corrected chi connectivity index (χ0v) is 3.78. The Balaban J connectivity index is 3.85. The molecule has 0 unspecified atom stereocenters. The molecule has 44 valence electrons. The monoisotopic (exact) mass is 119 g/mol. The minimum atomic E-state index is -1.52. The first-order chi connectivity index (χ1) is 3.68. The summed E-state index contributed by atoms with van der Waals surface area (Å²) in [6.45, 7) is 0. The number of hydrogen-bond donors (Lipinski definition) is 2. The van der Waals surface area contributed by atoms with E-state index in [0.29, 0.717) is 0 Å². The molecule has 0 amide bonds. The Morgan fingerprint density at radius 2 is 2.12 bits per heavy atom. The third-order valence-electron chi connectivity index (χ3n) is 0.375. The van der Waals surface area contributed by atoms with E-state index in [9.17, 15) is 8.78 Å². The van der Waals surface area contributed by atoms with Crippen LogP contribution >= 0.6 is 0 Å². The molecule has 0 aromatic carbocycles. The number of nitrogens with two attached hydrogens (primary N) is 1. The molecular weight excluding hydrogens is 116 g/mol. The predicted octanol–water partition coefficient (Wildman–Crippen LogP) is 0.0814. The molecule has 0 aliphatic rings. The van der Waals surface area contributed by atoms with Crippen molar-refractivity contribution in [3.05, 3.63) is 11.9 Å². The summed E-state index contributed by atoms with van der Waals surface area (Å²) in [5.41, 5.74) is 4.25. The molecule has 0 rings (SSSR count). The summed E-state index contributed by atoms with van der Waals surface area (Å²) in [6.07, 6.45) is 1.15. The first-order valence-corrected chi connectivity index (χ1v) is 1.64. The molecule has 0 aliphatic heterocycles. The standard InChI is InChI=1S/C3H3F2N3/c4-2(7)3(5)8-1-6/h8H,7H2/b3-2+. The second-order valence-corrected chi connectivity index (χ2v) is 0.899. The van der Waals surface area contributed by atoms with Crippen LogP contribution in [-0.4, -0.2) is 0 Å². The van der Waals surface area contributed by atoms with Crippen LogP contribution in [-0.2, 0) is 0 Å². The zero-order chi connectivity index (χ0) is 6.57. The number of rotatable bonds is 1. The fraction of sp³-hybridized carbons (Fsp3) is 0. The largest absolute Gasteiger partial charge is 0.372 e. The quantitative estimate of drug-likeness (QED) is 0.292. The lowest BCUT2D eigenvalue weighted by molar-refractivity contribution is 0.501. The van der Waals surface area contributed by atoms with Crippen LogP contribution in [0.25, 0.3) is 0 Å². The van der Waals surface area contributed by atoms with Crippen LogP contribution < -0.4 is 11.1 Å². The molecule has 8 heavy (non-hydrogen) atoms. The van der Waals surface area contributed by atoms with Gasteiger partial charge >= 0.3 is 0 Å². The van der Waals surface area contributed by atoms with E-state index >= 15 is 0 Å². The van der Waals surface area contributed by atoms with Gasteiger partial charge in [0.05, 0.1) is 0 Å². The molecule has 0 radical (unpaired) electrons. The van der Waals surface area contributed by atoms with Gasteiger partial charge in [-0.3, -0.25) is 5.32 Å². The van der Waals surface area contributed by atoms with Crippen LogP contribution in [0.1, 0.15) is 0 Å². The molecular formula is C3H3F2N3. The second kappa shape index (κ2) is 2.80. The number of hydrogen-bond acceptors (Lipinski definition) is 3. The highest BCUT2D eigenvalue weighted by atomic mass is 19.2. The maximum absolute atomic E-state index is 11.6. The van der Waals surface area contributed by atoms with Crippen LogP contribution in [0.4, 0.5) is 8.78 Å². The molecule has 0 heterocycles. The average Bonchev–Trinajstić information content (AvgIpc) is 1.67. The van der Waals surface area contributed by atoms with Gasteiger partial charge in [0.15, 0.2) is 6.19 Å². The number of nitriles is 1. The normalized spacial score (nSPS) is 11.6. The van der Waals surface area contributed by atoms with Gasteiger partial charge in [0.1, 0.15) is 0 Å². The van der Waals surface area contributed by atoms with Crippen LogP contribution in [0.15, 0.2) is 11.9 Å². The third kappa shape index (κ3) is 1.97. The van der Waals surface area contributed by atoms with E-state index in [-0.39, 0.29) is 0 Å². The highest BCUT2D eigenvalue weighted by Crippen LogP contribution is 1.94. The van der Waals surface area contributed by atoms with Gasteiger partial charge in [-0.1, -0.05) is 0 Å². The van der Waals surface area contributed by atoms with Gasteiger partial charge in [0.25, 0.3) is 5.95 Å². The number of halogens is 2. The molecule has 5 heteroatoms. The van der Waals surface area contributed by atoms with Gasteiger partial charge < -0.3 is 5.73 Å². The Hall–Kier alpha value is -1.31. The Labute approximate surface area is 44.4 Å². The molecule has 0 atom stereocenters. The van der Waals surface area contributed by atoms with Crippen molar-refractivity contribution in [1.82, 2.24) is 5.32 Å². The lowest BCUT2D eigenvalue weighted by Crippen LogP contribution is -2.06. The van der Waals surface area contributed by atoms with Crippen LogP contribution in [0.2, 0.25) is 0 Å². The van der Waals surface area contributed by atoms with Gasteiger partial charge in [-0.15, -0.1) is 0 Å². The van der Waals surface area contributed by atoms with Crippen molar-refractivity contribution in [1.29, 1.82) is 5.26 Å². The van der Waals surface area contributed by atoms with Crippen molar-refractivity contribution >= 4 is 0 Å². The second-order valence-electron chi connectivity index (χ2n) is 0.899. The summed E-state index contributed by atoms with van der Waals surface area (Å²) in [5.74, 6) is -2.97. The lowest BCUT2D eigenvalue weighted by Gasteiger charge is -1.87. The van der Waals surface area contributed by atoms with Crippen LogP contribution in [0.5, 0.6) is 0 Å². The lowest BCUT2D eigenvalue weighted by atomic mass is 10.8. The molecule has 0 aromatic rings. The van der Waals surface area contributed by atoms with Gasteiger partial charge in [0, 0.05) is 0 Å². The summed E-state index contributed by atoms with van der Waals surface area (Å²) in [5, 5.41) is 8.99. The molecule has 0 spiro atoms. The highest BCUT2D eigenvalue weighted by Gasteiger charge is 1.96. The summed E-state index contributed by atoms with van der Waals surface area (Å²) in [6, 6.07) is 0. The first-order valence-electron chi connectivity index (χ1n) is 1.64. The molecule has 0 aromatic heterocycles. The van der Waals surface area contributed by atoms with Gasteiger partial charge in [-0.05, 0) is 0 Å². The molecule has 0 fully saturated rings.